The molecule has 2 saturated carbocycles. The molecular weight excluding hydrogens is 210 g/mol. The van der Waals surface area contributed by atoms with Crippen LogP contribution in [0, 0.1) is 17.8 Å². The number of nitrogens with one attached hydrogen (secondary N) is 1. The minimum Gasteiger partial charge on any atom is -0.354 e. The molecule has 0 aromatic carbocycles. The van der Waals surface area contributed by atoms with E-state index in [0.717, 1.165) is 17.8 Å². The Labute approximate surface area is 107 Å². The first-order chi connectivity index (χ1) is 7.99. The topological polar surface area (TPSA) is 29.1 Å². The first kappa shape index (κ1) is 14.5. The maximum Gasteiger partial charge on any atom is 0.217 e. The Morgan fingerprint density at radius 2 is 1.59 bits per heavy atom. The van der Waals surface area contributed by atoms with E-state index in [1.54, 1.807) is 6.92 Å². The summed E-state index contributed by atoms with van der Waals surface area (Å²) in [5.41, 5.74) is 0. The molecule has 2 rings (SSSR count). The Morgan fingerprint density at radius 3 is 1.88 bits per heavy atom. The number of hydrogen-bond acceptors (Lipinski definition) is 1. The van der Waals surface area contributed by atoms with Gasteiger partial charge in [-0.25, -0.2) is 0 Å². The molecule has 0 aliphatic heterocycles. The monoisotopic (exact) mass is 239 g/mol. The lowest BCUT2D eigenvalue weighted by Crippen LogP contribution is -2.21. The Hall–Kier alpha value is -0.530. The van der Waals surface area contributed by atoms with Crippen LogP contribution in [-0.4, -0.2) is 11.9 Å². The van der Waals surface area contributed by atoms with Gasteiger partial charge >= 0.3 is 0 Å². The molecule has 2 fully saturated rings. The van der Waals surface area contributed by atoms with Crippen molar-refractivity contribution in [2.45, 2.75) is 72.3 Å². The van der Waals surface area contributed by atoms with Gasteiger partial charge in [-0.05, 0) is 43.4 Å². The lowest BCUT2D eigenvalue weighted by molar-refractivity contribution is -0.119. The highest BCUT2D eigenvalue weighted by Gasteiger charge is 2.21. The maximum absolute atomic E-state index is 10.2. The molecule has 0 heterocycles. The van der Waals surface area contributed by atoms with Crippen molar-refractivity contribution in [1.82, 2.24) is 5.32 Å². The average molecular weight is 239 g/mol. The van der Waals surface area contributed by atoms with Crippen molar-refractivity contribution < 1.29 is 4.79 Å². The number of carbonyl (C=O) groups is 1. The van der Waals surface area contributed by atoms with Gasteiger partial charge in [0.15, 0.2) is 0 Å². The molecule has 2 aliphatic carbocycles. The quantitative estimate of drug-likeness (QED) is 0.781. The maximum atomic E-state index is 10.2. The summed E-state index contributed by atoms with van der Waals surface area (Å²) in [5, 5.41) is 2.78. The van der Waals surface area contributed by atoms with E-state index in [2.05, 4.69) is 26.1 Å². The molecule has 0 atom stereocenters. The van der Waals surface area contributed by atoms with Crippen LogP contribution in [0.15, 0.2) is 0 Å². The Kier molecular flexibility index (Phi) is 6.01. The van der Waals surface area contributed by atoms with E-state index in [4.69, 9.17) is 0 Å². The van der Waals surface area contributed by atoms with Crippen LogP contribution in [0.1, 0.15) is 66.2 Å². The highest BCUT2D eigenvalue weighted by molar-refractivity contribution is 5.73. The van der Waals surface area contributed by atoms with Gasteiger partial charge in [0.25, 0.3) is 0 Å². The number of rotatable bonds is 2. The normalized spacial score (nSPS) is 28.3. The minimum absolute atomic E-state index is 0.0995. The fraction of sp³-hybridized carbons (Fsp3) is 0.933. The molecule has 1 amide bonds. The van der Waals surface area contributed by atoms with Crippen molar-refractivity contribution in [1.29, 1.82) is 0 Å². The van der Waals surface area contributed by atoms with E-state index in [1.165, 1.54) is 38.5 Å². The van der Waals surface area contributed by atoms with E-state index in [0.29, 0.717) is 6.04 Å². The summed E-state index contributed by atoms with van der Waals surface area (Å²) in [7, 11) is 0. The average Bonchev–Trinajstić information content (AvgIpc) is 3.02. The van der Waals surface area contributed by atoms with Crippen LogP contribution >= 0.6 is 0 Å². The van der Waals surface area contributed by atoms with Gasteiger partial charge in [0, 0.05) is 13.0 Å². The van der Waals surface area contributed by atoms with Crippen molar-refractivity contribution in [3.05, 3.63) is 0 Å². The molecule has 0 unspecified atom stereocenters. The van der Waals surface area contributed by atoms with Crippen LogP contribution in [0.5, 0.6) is 0 Å². The Balaban J connectivity index is 0.000000181. The molecule has 0 bridgehead atoms. The minimum atomic E-state index is 0.0995. The zero-order valence-corrected chi connectivity index (χ0v) is 12.0. The van der Waals surface area contributed by atoms with E-state index in [9.17, 15) is 4.79 Å². The van der Waals surface area contributed by atoms with Crippen LogP contribution < -0.4 is 5.32 Å². The van der Waals surface area contributed by atoms with E-state index in [-0.39, 0.29) is 5.91 Å². The van der Waals surface area contributed by atoms with Gasteiger partial charge in [-0.1, -0.05) is 33.6 Å². The third-order valence-electron chi connectivity index (χ3n) is 3.99. The summed E-state index contributed by atoms with van der Waals surface area (Å²) < 4.78 is 0. The molecule has 0 spiro atoms. The molecular formula is C15H29NO. The second-order valence-electron chi connectivity index (χ2n) is 6.24. The van der Waals surface area contributed by atoms with Gasteiger partial charge < -0.3 is 5.32 Å². The van der Waals surface area contributed by atoms with Gasteiger partial charge in [-0.3, -0.25) is 4.79 Å². The molecule has 17 heavy (non-hydrogen) atoms. The third-order valence-corrected chi connectivity index (χ3v) is 3.99. The van der Waals surface area contributed by atoms with E-state index in [1.807, 2.05) is 0 Å². The zero-order chi connectivity index (χ0) is 12.8. The second kappa shape index (κ2) is 7.03. The van der Waals surface area contributed by atoms with Crippen molar-refractivity contribution in [3.8, 4) is 0 Å². The molecule has 2 aliphatic rings. The number of hydrogen-bond donors (Lipinski definition) is 1. The first-order valence-corrected chi connectivity index (χ1v) is 7.26. The Bertz CT molecular complexity index is 225. The second-order valence-corrected chi connectivity index (χ2v) is 6.24. The van der Waals surface area contributed by atoms with Gasteiger partial charge in [0.05, 0.1) is 0 Å². The molecule has 2 nitrogen and oxygen atoms in total. The summed E-state index contributed by atoms with van der Waals surface area (Å²) in [6.45, 7) is 8.66. The van der Waals surface area contributed by atoms with Gasteiger partial charge in [0.1, 0.15) is 0 Å². The largest absolute Gasteiger partial charge is 0.354 e. The molecule has 1 N–H and O–H groups in total. The van der Waals surface area contributed by atoms with Gasteiger partial charge in [-0.2, -0.15) is 0 Å². The summed E-state index contributed by atoms with van der Waals surface area (Å²) in [4.78, 5) is 10.2. The summed E-state index contributed by atoms with van der Waals surface area (Å²) in [6, 6.07) is 0.525. The van der Waals surface area contributed by atoms with Crippen molar-refractivity contribution >= 4 is 5.91 Å². The fourth-order valence-electron chi connectivity index (χ4n) is 2.47. The standard InChI is InChI=1S/C10H20.C5H9NO/c1-8(2)10-6-4-9(3)5-7-10;1-4(7)6-5-2-3-5/h8-10H,4-7H2,1-3H3;5H,2-3H2,1H3,(H,6,7). The van der Waals surface area contributed by atoms with Crippen LogP contribution in [0.2, 0.25) is 0 Å². The predicted octanol–water partition coefficient (Wildman–Crippen LogP) is 3.75. The fourth-order valence-corrected chi connectivity index (χ4v) is 2.47. The van der Waals surface area contributed by atoms with Crippen molar-refractivity contribution in [2.24, 2.45) is 17.8 Å². The van der Waals surface area contributed by atoms with Crippen LogP contribution in [0.4, 0.5) is 0 Å². The number of amides is 1. The molecule has 0 radical (unpaired) electrons. The lowest BCUT2D eigenvalue weighted by atomic mass is 9.78. The first-order valence-electron chi connectivity index (χ1n) is 7.26. The third kappa shape index (κ3) is 6.70. The Morgan fingerprint density at radius 1 is 1.06 bits per heavy atom. The predicted molar refractivity (Wildman–Crippen MR) is 72.8 cm³/mol. The summed E-state index contributed by atoms with van der Waals surface area (Å²) >= 11 is 0. The van der Waals surface area contributed by atoms with Crippen LogP contribution in [0.25, 0.3) is 0 Å². The van der Waals surface area contributed by atoms with Gasteiger partial charge in [-0.15, -0.1) is 0 Å². The smallest absolute Gasteiger partial charge is 0.217 e. The number of carbonyl (C=O) groups excluding carboxylic acids is 1. The van der Waals surface area contributed by atoms with Gasteiger partial charge in [0.2, 0.25) is 5.91 Å². The SMILES string of the molecule is CC(=O)NC1CC1.CC1CCC(C(C)C)CC1. The zero-order valence-electron chi connectivity index (χ0n) is 12.0. The molecule has 100 valence electrons. The summed E-state index contributed by atoms with van der Waals surface area (Å²) in [5.74, 6) is 3.07. The summed E-state index contributed by atoms with van der Waals surface area (Å²) in [6.07, 6.45) is 8.28. The molecule has 0 saturated heterocycles. The highest BCUT2D eigenvalue weighted by atomic mass is 16.1. The van der Waals surface area contributed by atoms with Crippen molar-refractivity contribution in [3.63, 3.8) is 0 Å². The molecule has 0 aromatic heterocycles. The molecule has 2 heteroatoms. The van der Waals surface area contributed by atoms with E-state index >= 15 is 0 Å². The van der Waals surface area contributed by atoms with Crippen molar-refractivity contribution in [2.75, 3.05) is 0 Å². The highest BCUT2D eigenvalue weighted by Crippen LogP contribution is 2.32. The molecule has 0 aromatic rings. The lowest BCUT2D eigenvalue weighted by Gasteiger charge is -2.28. The van der Waals surface area contributed by atoms with Crippen LogP contribution in [-0.2, 0) is 4.79 Å². The van der Waals surface area contributed by atoms with Crippen LogP contribution in [0.3, 0.4) is 0 Å². The van der Waals surface area contributed by atoms with E-state index < -0.39 is 0 Å².